The van der Waals surface area contributed by atoms with E-state index in [2.05, 4.69) is 0 Å². The molecule has 8 nitrogen and oxygen atoms in total. The monoisotopic (exact) mass is 331 g/mol. The number of carboxylic acids is 1. The minimum Gasteiger partial charge on any atom is -0.481 e. The van der Waals surface area contributed by atoms with Gasteiger partial charge in [-0.2, -0.15) is 13.2 Å². The zero-order valence-corrected chi connectivity index (χ0v) is 11.2. The van der Waals surface area contributed by atoms with Crippen molar-refractivity contribution in [2.75, 3.05) is 13.2 Å². The van der Waals surface area contributed by atoms with Gasteiger partial charge in [-0.25, -0.2) is 0 Å². The van der Waals surface area contributed by atoms with Crippen LogP contribution in [0.4, 0.5) is 13.2 Å². The number of halogens is 3. The molecule has 0 aromatic carbocycles. The molecule has 1 saturated carbocycles. The van der Waals surface area contributed by atoms with E-state index < -0.39 is 61.5 Å². The van der Waals surface area contributed by atoms with Gasteiger partial charge in [0.15, 0.2) is 0 Å². The lowest BCUT2D eigenvalue weighted by Gasteiger charge is -2.39. The van der Waals surface area contributed by atoms with Crippen LogP contribution in [0.25, 0.3) is 0 Å². The average molecular weight is 331 g/mol. The quantitative estimate of drug-likeness (QED) is 0.376. The number of nitrogens with one attached hydrogen (secondary N) is 1. The van der Waals surface area contributed by atoms with Crippen LogP contribution in [0.3, 0.4) is 0 Å². The maximum Gasteiger partial charge on any atom is 0.471 e. The summed E-state index contributed by atoms with van der Waals surface area (Å²) in [6.07, 6.45) is -11.5. The summed E-state index contributed by atoms with van der Waals surface area (Å²) in [5.74, 6) is -5.21. The maximum absolute atomic E-state index is 11.9. The van der Waals surface area contributed by atoms with Crippen molar-refractivity contribution >= 4 is 11.9 Å². The SMILES string of the molecule is O=C(O)[C@@H]1[C@@H](OCCNC(=O)C(F)(F)F)[C@H](O)[C@@H](O)C[C@@H]1O. The highest BCUT2D eigenvalue weighted by molar-refractivity contribution is 5.81. The fraction of sp³-hybridized carbons (Fsp3) is 0.818. The summed E-state index contributed by atoms with van der Waals surface area (Å²) in [6.45, 7) is -1.12. The largest absolute Gasteiger partial charge is 0.481 e. The number of hydrogen-bond donors (Lipinski definition) is 5. The lowest BCUT2D eigenvalue weighted by atomic mass is 9.80. The van der Waals surface area contributed by atoms with Crippen LogP contribution >= 0.6 is 0 Å². The summed E-state index contributed by atoms with van der Waals surface area (Å²) >= 11 is 0. The summed E-state index contributed by atoms with van der Waals surface area (Å²) in [6, 6.07) is 0. The molecule has 5 atom stereocenters. The molecule has 1 aliphatic rings. The molecule has 0 saturated heterocycles. The van der Waals surface area contributed by atoms with Gasteiger partial charge < -0.3 is 30.5 Å². The van der Waals surface area contributed by atoms with Crippen LogP contribution in [-0.2, 0) is 14.3 Å². The van der Waals surface area contributed by atoms with Gasteiger partial charge >= 0.3 is 18.1 Å². The second-order valence-corrected chi connectivity index (χ2v) is 4.81. The van der Waals surface area contributed by atoms with Crippen LogP contribution in [0.15, 0.2) is 0 Å². The number of hydrogen-bond acceptors (Lipinski definition) is 6. The van der Waals surface area contributed by atoms with E-state index in [0.717, 1.165) is 0 Å². The standard InChI is InChI=1S/C11H16F3NO7/c12-11(13,14)10(21)15-1-2-22-8-6(9(19)20)4(16)3-5(17)7(8)18/h4-8,16-18H,1-3H2,(H,15,21)(H,19,20)/t4-,5-,6-,7+,8+/m0/s1. The second kappa shape index (κ2) is 7.22. The van der Waals surface area contributed by atoms with Crippen LogP contribution in [0.1, 0.15) is 6.42 Å². The van der Waals surface area contributed by atoms with Gasteiger partial charge in [-0.05, 0) is 0 Å². The van der Waals surface area contributed by atoms with Gasteiger partial charge in [0, 0.05) is 13.0 Å². The first-order chi connectivity index (χ1) is 10.1. The molecule has 0 radical (unpaired) electrons. The molecule has 128 valence electrons. The normalized spacial score (nSPS) is 32.5. The molecule has 1 fully saturated rings. The minimum absolute atomic E-state index is 0.372. The topological polar surface area (TPSA) is 136 Å². The highest BCUT2D eigenvalue weighted by atomic mass is 19.4. The van der Waals surface area contributed by atoms with E-state index in [-0.39, 0.29) is 6.42 Å². The predicted molar refractivity (Wildman–Crippen MR) is 62.6 cm³/mol. The van der Waals surface area contributed by atoms with E-state index in [4.69, 9.17) is 9.84 Å². The van der Waals surface area contributed by atoms with Crippen LogP contribution in [0.2, 0.25) is 0 Å². The van der Waals surface area contributed by atoms with Crippen LogP contribution in [0, 0.1) is 5.92 Å². The lowest BCUT2D eigenvalue weighted by molar-refractivity contribution is -0.189. The Morgan fingerprint density at radius 1 is 1.18 bits per heavy atom. The van der Waals surface area contributed by atoms with Gasteiger partial charge in [0.25, 0.3) is 0 Å². The number of aliphatic hydroxyl groups excluding tert-OH is 3. The van der Waals surface area contributed by atoms with Crippen LogP contribution in [-0.4, -0.2) is 76.0 Å². The highest BCUT2D eigenvalue weighted by Crippen LogP contribution is 2.28. The van der Waals surface area contributed by atoms with Crippen LogP contribution < -0.4 is 5.32 Å². The third kappa shape index (κ3) is 4.53. The molecule has 5 N–H and O–H groups in total. The Hall–Kier alpha value is -1.43. The molecule has 1 rings (SSSR count). The molecule has 1 aliphatic carbocycles. The number of aliphatic hydroxyl groups is 3. The summed E-state index contributed by atoms with van der Waals surface area (Å²) in [5, 5.41) is 39.2. The molecule has 0 spiro atoms. The summed E-state index contributed by atoms with van der Waals surface area (Å²) in [7, 11) is 0. The third-order valence-electron chi connectivity index (χ3n) is 3.22. The molecule has 0 heterocycles. The number of carbonyl (C=O) groups excluding carboxylic acids is 1. The molecule has 0 bridgehead atoms. The van der Waals surface area contributed by atoms with Crippen molar-refractivity contribution in [2.45, 2.75) is 37.0 Å². The number of alkyl halides is 3. The Morgan fingerprint density at radius 2 is 1.77 bits per heavy atom. The smallest absolute Gasteiger partial charge is 0.471 e. The van der Waals surface area contributed by atoms with E-state index in [1.807, 2.05) is 0 Å². The number of carbonyl (C=O) groups is 2. The Morgan fingerprint density at radius 3 is 2.27 bits per heavy atom. The van der Waals surface area contributed by atoms with E-state index >= 15 is 0 Å². The summed E-state index contributed by atoms with van der Waals surface area (Å²) in [4.78, 5) is 21.6. The van der Waals surface area contributed by atoms with Crippen LogP contribution in [0.5, 0.6) is 0 Å². The number of ether oxygens (including phenoxy) is 1. The predicted octanol–water partition coefficient (Wildman–Crippen LogP) is -1.76. The third-order valence-corrected chi connectivity index (χ3v) is 3.22. The number of amides is 1. The first-order valence-electron chi connectivity index (χ1n) is 6.29. The first-order valence-corrected chi connectivity index (χ1v) is 6.29. The van der Waals surface area contributed by atoms with E-state index in [9.17, 15) is 38.1 Å². The Bertz CT molecular complexity index is 417. The number of aliphatic carboxylic acids is 1. The highest BCUT2D eigenvalue weighted by Gasteiger charge is 2.47. The number of carboxylic acid groups (broad SMARTS) is 1. The van der Waals surface area contributed by atoms with E-state index in [1.54, 1.807) is 0 Å². The van der Waals surface area contributed by atoms with Crippen molar-refractivity contribution in [3.63, 3.8) is 0 Å². The van der Waals surface area contributed by atoms with Gasteiger partial charge in [0.1, 0.15) is 18.1 Å². The molecular formula is C11H16F3NO7. The molecule has 11 heteroatoms. The van der Waals surface area contributed by atoms with Gasteiger partial charge in [0.05, 0.1) is 18.8 Å². The molecular weight excluding hydrogens is 315 g/mol. The fourth-order valence-electron chi connectivity index (χ4n) is 2.15. The van der Waals surface area contributed by atoms with Crippen molar-refractivity contribution < 1.29 is 47.9 Å². The fourth-order valence-corrected chi connectivity index (χ4v) is 2.15. The van der Waals surface area contributed by atoms with Gasteiger partial charge in [-0.1, -0.05) is 0 Å². The van der Waals surface area contributed by atoms with Gasteiger partial charge in [0.2, 0.25) is 0 Å². The summed E-state index contributed by atoms with van der Waals surface area (Å²) in [5.41, 5.74) is 0. The second-order valence-electron chi connectivity index (χ2n) is 4.81. The molecule has 0 aliphatic heterocycles. The summed E-state index contributed by atoms with van der Waals surface area (Å²) < 4.78 is 40.7. The molecule has 0 unspecified atom stereocenters. The van der Waals surface area contributed by atoms with Crippen molar-refractivity contribution in [2.24, 2.45) is 5.92 Å². The lowest BCUT2D eigenvalue weighted by Crippen LogP contribution is -2.56. The molecule has 0 aromatic heterocycles. The molecule has 0 aromatic rings. The average Bonchev–Trinajstić information content (AvgIpc) is 2.37. The van der Waals surface area contributed by atoms with Crippen molar-refractivity contribution in [1.29, 1.82) is 0 Å². The van der Waals surface area contributed by atoms with Crippen molar-refractivity contribution in [3.05, 3.63) is 0 Å². The van der Waals surface area contributed by atoms with Gasteiger partial charge in [-0.3, -0.25) is 9.59 Å². The van der Waals surface area contributed by atoms with E-state index in [1.165, 1.54) is 5.32 Å². The van der Waals surface area contributed by atoms with Crippen molar-refractivity contribution in [1.82, 2.24) is 5.32 Å². The maximum atomic E-state index is 11.9. The first kappa shape index (κ1) is 18.6. The molecule has 1 amide bonds. The Labute approximate surface area is 122 Å². The van der Waals surface area contributed by atoms with Crippen molar-refractivity contribution in [3.8, 4) is 0 Å². The Balaban J connectivity index is 2.57. The van der Waals surface area contributed by atoms with E-state index in [0.29, 0.717) is 0 Å². The zero-order valence-electron chi connectivity index (χ0n) is 11.2. The van der Waals surface area contributed by atoms with Gasteiger partial charge in [-0.15, -0.1) is 0 Å². The Kier molecular flexibility index (Phi) is 6.11. The number of rotatable bonds is 5. The zero-order chi connectivity index (χ0) is 17.1. The molecule has 22 heavy (non-hydrogen) atoms. The minimum atomic E-state index is -5.06.